The van der Waals surface area contributed by atoms with E-state index in [9.17, 15) is 4.39 Å². The van der Waals surface area contributed by atoms with Crippen molar-refractivity contribution in [1.29, 1.82) is 0 Å². The van der Waals surface area contributed by atoms with Gasteiger partial charge < -0.3 is 15.0 Å². The van der Waals surface area contributed by atoms with Crippen LogP contribution in [0.1, 0.15) is 24.8 Å². The molecule has 1 fully saturated rings. The van der Waals surface area contributed by atoms with E-state index < -0.39 is 0 Å². The van der Waals surface area contributed by atoms with E-state index in [-0.39, 0.29) is 5.82 Å². The van der Waals surface area contributed by atoms with E-state index in [2.05, 4.69) is 36.0 Å². The standard InChI is InChI=1S/C19H30BrFN4O/c1-22-19(23-8-4-3-5-13-26-2)25-11-9-24(10-12-25)15-16-6-7-17(20)18(21)14-16/h6-7,14H,3-5,8-13,15H2,1-2H3,(H,22,23). The SMILES string of the molecule is CN=C(NCCCCCOC)N1CCN(Cc2ccc(Br)c(F)c2)CC1. The molecule has 0 atom stereocenters. The van der Waals surface area contributed by atoms with Crippen molar-refractivity contribution in [3.8, 4) is 0 Å². The zero-order valence-electron chi connectivity index (χ0n) is 15.8. The van der Waals surface area contributed by atoms with Crippen molar-refractivity contribution in [3.63, 3.8) is 0 Å². The van der Waals surface area contributed by atoms with Crippen LogP contribution in [-0.2, 0) is 11.3 Å². The van der Waals surface area contributed by atoms with Crippen LogP contribution in [-0.4, -0.2) is 69.2 Å². The lowest BCUT2D eigenvalue weighted by Crippen LogP contribution is -2.52. The fraction of sp³-hybridized carbons (Fsp3) is 0.632. The second-order valence-corrected chi connectivity index (χ2v) is 7.39. The highest BCUT2D eigenvalue weighted by molar-refractivity contribution is 9.10. The molecule has 0 amide bonds. The Kier molecular flexibility index (Phi) is 9.36. The Labute approximate surface area is 164 Å². The molecule has 0 unspecified atom stereocenters. The van der Waals surface area contributed by atoms with Crippen molar-refractivity contribution in [2.45, 2.75) is 25.8 Å². The molecule has 1 N–H and O–H groups in total. The lowest BCUT2D eigenvalue weighted by Gasteiger charge is -2.36. The van der Waals surface area contributed by atoms with E-state index >= 15 is 0 Å². The maximum absolute atomic E-state index is 13.7. The van der Waals surface area contributed by atoms with Crippen LogP contribution in [0, 0.1) is 5.82 Å². The van der Waals surface area contributed by atoms with Crippen LogP contribution < -0.4 is 5.32 Å². The van der Waals surface area contributed by atoms with Crippen molar-refractivity contribution in [2.75, 3.05) is 53.5 Å². The van der Waals surface area contributed by atoms with Gasteiger partial charge in [-0.25, -0.2) is 4.39 Å². The largest absolute Gasteiger partial charge is 0.385 e. The summed E-state index contributed by atoms with van der Waals surface area (Å²) in [4.78, 5) is 9.07. The second-order valence-electron chi connectivity index (χ2n) is 6.54. The molecule has 1 saturated heterocycles. The van der Waals surface area contributed by atoms with E-state index in [4.69, 9.17) is 4.74 Å². The number of ether oxygens (including phenoxy) is 1. The predicted octanol–water partition coefficient (Wildman–Crippen LogP) is 3.10. The van der Waals surface area contributed by atoms with Crippen LogP contribution in [0.3, 0.4) is 0 Å². The molecule has 2 rings (SSSR count). The number of unbranched alkanes of at least 4 members (excludes halogenated alkanes) is 2. The van der Waals surface area contributed by atoms with Crippen molar-refractivity contribution < 1.29 is 9.13 Å². The fourth-order valence-corrected chi connectivity index (χ4v) is 3.34. The van der Waals surface area contributed by atoms with Gasteiger partial charge in [0.15, 0.2) is 5.96 Å². The summed E-state index contributed by atoms with van der Waals surface area (Å²) in [5.41, 5.74) is 1.01. The number of hydrogen-bond donors (Lipinski definition) is 1. The maximum Gasteiger partial charge on any atom is 0.193 e. The third kappa shape index (κ3) is 6.85. The van der Waals surface area contributed by atoms with Gasteiger partial charge in [0.05, 0.1) is 4.47 Å². The summed E-state index contributed by atoms with van der Waals surface area (Å²) in [6, 6.07) is 5.36. The van der Waals surface area contributed by atoms with Crippen LogP contribution in [0.15, 0.2) is 27.7 Å². The minimum Gasteiger partial charge on any atom is -0.385 e. The van der Waals surface area contributed by atoms with Crippen LogP contribution in [0.25, 0.3) is 0 Å². The lowest BCUT2D eigenvalue weighted by molar-refractivity contribution is 0.172. The van der Waals surface area contributed by atoms with Crippen LogP contribution in [0.4, 0.5) is 4.39 Å². The van der Waals surface area contributed by atoms with Crippen LogP contribution in [0.5, 0.6) is 0 Å². The molecule has 1 aromatic carbocycles. The molecule has 1 aromatic rings. The number of methoxy groups -OCH3 is 1. The van der Waals surface area contributed by atoms with E-state index in [1.807, 2.05) is 13.1 Å². The summed E-state index contributed by atoms with van der Waals surface area (Å²) in [6.45, 7) is 6.32. The zero-order valence-corrected chi connectivity index (χ0v) is 17.4. The third-order valence-corrected chi connectivity index (χ3v) is 5.23. The van der Waals surface area contributed by atoms with E-state index in [1.165, 1.54) is 0 Å². The highest BCUT2D eigenvalue weighted by Gasteiger charge is 2.19. The van der Waals surface area contributed by atoms with E-state index in [1.54, 1.807) is 19.2 Å². The number of hydrogen-bond acceptors (Lipinski definition) is 3. The van der Waals surface area contributed by atoms with Gasteiger partial charge >= 0.3 is 0 Å². The minimum atomic E-state index is -0.198. The number of nitrogens with zero attached hydrogens (tertiary/aromatic N) is 3. The molecule has 5 nitrogen and oxygen atoms in total. The summed E-state index contributed by atoms with van der Waals surface area (Å²) < 4.78 is 19.2. The third-order valence-electron chi connectivity index (χ3n) is 4.58. The van der Waals surface area contributed by atoms with Gasteiger partial charge in [0, 0.05) is 60.0 Å². The summed E-state index contributed by atoms with van der Waals surface area (Å²) in [7, 11) is 3.58. The van der Waals surface area contributed by atoms with Gasteiger partial charge in [-0.05, 0) is 52.9 Å². The summed E-state index contributed by atoms with van der Waals surface area (Å²) in [6.07, 6.45) is 3.39. The van der Waals surface area contributed by atoms with Gasteiger partial charge in [0.25, 0.3) is 0 Å². The summed E-state index contributed by atoms with van der Waals surface area (Å²) in [5, 5.41) is 3.46. The highest BCUT2D eigenvalue weighted by atomic mass is 79.9. The topological polar surface area (TPSA) is 40.1 Å². The Balaban J connectivity index is 1.71. The molecule has 7 heteroatoms. The Bertz CT molecular complexity index is 577. The molecule has 0 radical (unpaired) electrons. The molecule has 1 aliphatic rings. The first-order valence-corrected chi connectivity index (χ1v) is 10.0. The molecule has 0 aliphatic carbocycles. The first-order valence-electron chi connectivity index (χ1n) is 9.25. The van der Waals surface area contributed by atoms with Crippen molar-refractivity contribution >= 4 is 21.9 Å². The van der Waals surface area contributed by atoms with Gasteiger partial charge in [0.2, 0.25) is 0 Å². The van der Waals surface area contributed by atoms with E-state index in [0.29, 0.717) is 4.47 Å². The van der Waals surface area contributed by atoms with Crippen LogP contribution >= 0.6 is 15.9 Å². The molecule has 0 spiro atoms. The highest BCUT2D eigenvalue weighted by Crippen LogP contribution is 2.18. The summed E-state index contributed by atoms with van der Waals surface area (Å²) in [5.74, 6) is 0.780. The van der Waals surface area contributed by atoms with Gasteiger partial charge in [-0.15, -0.1) is 0 Å². The lowest BCUT2D eigenvalue weighted by atomic mass is 10.2. The number of rotatable bonds is 8. The average molecular weight is 429 g/mol. The first kappa shape index (κ1) is 21.1. The van der Waals surface area contributed by atoms with Gasteiger partial charge in [-0.2, -0.15) is 0 Å². The van der Waals surface area contributed by atoms with Gasteiger partial charge in [0.1, 0.15) is 5.82 Å². The number of benzene rings is 1. The number of halogens is 2. The molecule has 0 bridgehead atoms. The molecular formula is C19H30BrFN4O. The van der Waals surface area contributed by atoms with Gasteiger partial charge in [-0.3, -0.25) is 9.89 Å². The van der Waals surface area contributed by atoms with Crippen LogP contribution in [0.2, 0.25) is 0 Å². The molecule has 1 heterocycles. The molecular weight excluding hydrogens is 399 g/mol. The number of aliphatic imine (C=N–C) groups is 1. The Morgan fingerprint density at radius 1 is 1.23 bits per heavy atom. The molecule has 0 aromatic heterocycles. The van der Waals surface area contributed by atoms with Gasteiger partial charge in [-0.1, -0.05) is 6.07 Å². The summed E-state index contributed by atoms with van der Waals surface area (Å²) >= 11 is 3.20. The van der Waals surface area contributed by atoms with Crippen molar-refractivity contribution in [2.24, 2.45) is 4.99 Å². The van der Waals surface area contributed by atoms with Crippen molar-refractivity contribution in [1.82, 2.24) is 15.1 Å². The number of piperazine rings is 1. The fourth-order valence-electron chi connectivity index (χ4n) is 3.09. The van der Waals surface area contributed by atoms with Crippen molar-refractivity contribution in [3.05, 3.63) is 34.1 Å². The Morgan fingerprint density at radius 2 is 2.00 bits per heavy atom. The smallest absolute Gasteiger partial charge is 0.193 e. The molecule has 1 aliphatic heterocycles. The molecule has 0 saturated carbocycles. The molecule has 146 valence electrons. The minimum absolute atomic E-state index is 0.198. The van der Waals surface area contributed by atoms with E-state index in [0.717, 1.165) is 76.7 Å². The Morgan fingerprint density at radius 3 is 2.65 bits per heavy atom. The average Bonchev–Trinajstić information content (AvgIpc) is 2.65. The predicted molar refractivity (Wildman–Crippen MR) is 108 cm³/mol. The number of guanidine groups is 1. The maximum atomic E-state index is 13.7. The first-order chi connectivity index (χ1) is 12.6. The monoisotopic (exact) mass is 428 g/mol. The molecule has 26 heavy (non-hydrogen) atoms. The quantitative estimate of drug-likeness (QED) is 0.392. The zero-order chi connectivity index (χ0) is 18.8. The number of nitrogens with one attached hydrogen (secondary N) is 1. The normalized spacial score (nSPS) is 16.2. The Hall–Kier alpha value is -1.18. The second kappa shape index (κ2) is 11.5.